The summed E-state index contributed by atoms with van der Waals surface area (Å²) in [5.74, 6) is -0.794. The van der Waals surface area contributed by atoms with Gasteiger partial charge in [0, 0.05) is 0 Å². The summed E-state index contributed by atoms with van der Waals surface area (Å²) in [6.45, 7) is -0.954. The Bertz CT molecular complexity index is 1520. The first-order chi connectivity index (χ1) is 18.9. The van der Waals surface area contributed by atoms with Gasteiger partial charge in [-0.25, -0.2) is 18.6 Å². The third-order valence-corrected chi connectivity index (χ3v) is 7.20. The number of carbonyl (C=O) groups is 2. The standard InChI is InChI=1S/C25H21ClF3N3O7S/c1-37-22-12-16(8-11-21(22)39-24(34)38-2)14-30-31-23(33)15-32(40(35,36)18-6-4-3-5-7-18)20-13-17(25(27,28)29)9-10-19(20)26/h3-14H,15H2,1-2H3,(H,31,33)/b30-14+. The molecule has 10 nitrogen and oxygen atoms in total. The second-order valence-electron chi connectivity index (χ2n) is 7.75. The van der Waals surface area contributed by atoms with Crippen molar-refractivity contribution in [3.05, 3.63) is 82.9 Å². The molecule has 0 aliphatic carbocycles. The topological polar surface area (TPSA) is 124 Å². The Labute approximate surface area is 231 Å². The van der Waals surface area contributed by atoms with Crippen LogP contribution < -0.4 is 19.2 Å². The molecule has 3 aromatic carbocycles. The average molecular weight is 600 g/mol. The minimum absolute atomic E-state index is 0.0512. The summed E-state index contributed by atoms with van der Waals surface area (Å²) in [7, 11) is -2.08. The Balaban J connectivity index is 1.88. The Morgan fingerprint density at radius 2 is 1.73 bits per heavy atom. The molecule has 0 saturated carbocycles. The van der Waals surface area contributed by atoms with Gasteiger partial charge < -0.3 is 14.2 Å². The van der Waals surface area contributed by atoms with Crippen LogP contribution in [0.1, 0.15) is 11.1 Å². The molecule has 212 valence electrons. The summed E-state index contributed by atoms with van der Waals surface area (Å²) in [4.78, 5) is 23.8. The van der Waals surface area contributed by atoms with Crippen LogP contribution in [0.3, 0.4) is 0 Å². The van der Waals surface area contributed by atoms with Gasteiger partial charge in [-0.15, -0.1) is 0 Å². The lowest BCUT2D eigenvalue weighted by atomic mass is 10.2. The van der Waals surface area contributed by atoms with E-state index in [0.717, 1.165) is 13.2 Å². The summed E-state index contributed by atoms with van der Waals surface area (Å²) < 4.78 is 81.9. The lowest BCUT2D eigenvalue weighted by molar-refractivity contribution is -0.137. The lowest BCUT2D eigenvalue weighted by Crippen LogP contribution is -2.40. The van der Waals surface area contributed by atoms with Gasteiger partial charge in [0.25, 0.3) is 15.9 Å². The smallest absolute Gasteiger partial charge is 0.493 e. The molecule has 3 aromatic rings. The second kappa shape index (κ2) is 12.7. The lowest BCUT2D eigenvalue weighted by Gasteiger charge is -2.25. The molecule has 0 fully saturated rings. The summed E-state index contributed by atoms with van der Waals surface area (Å²) in [5, 5.41) is 3.43. The van der Waals surface area contributed by atoms with Crippen LogP contribution in [0, 0.1) is 0 Å². The van der Waals surface area contributed by atoms with E-state index in [0.29, 0.717) is 22.0 Å². The van der Waals surface area contributed by atoms with Crippen molar-refractivity contribution in [1.82, 2.24) is 5.43 Å². The van der Waals surface area contributed by atoms with Crippen molar-refractivity contribution in [3.63, 3.8) is 0 Å². The van der Waals surface area contributed by atoms with Gasteiger partial charge in [0.05, 0.1) is 41.6 Å². The highest BCUT2D eigenvalue weighted by molar-refractivity contribution is 7.92. The van der Waals surface area contributed by atoms with Crippen molar-refractivity contribution in [2.75, 3.05) is 25.1 Å². The van der Waals surface area contributed by atoms with E-state index in [2.05, 4.69) is 15.3 Å². The number of anilines is 1. The van der Waals surface area contributed by atoms with Crippen LogP contribution in [0.15, 0.2) is 76.7 Å². The number of methoxy groups -OCH3 is 2. The van der Waals surface area contributed by atoms with E-state index < -0.39 is 46.1 Å². The predicted octanol–water partition coefficient (Wildman–Crippen LogP) is 4.86. The number of nitrogens with one attached hydrogen (secondary N) is 1. The van der Waals surface area contributed by atoms with Gasteiger partial charge in [0.2, 0.25) is 0 Å². The summed E-state index contributed by atoms with van der Waals surface area (Å²) in [6, 6.07) is 13.2. The SMILES string of the molecule is COC(=O)Oc1ccc(/C=N/NC(=O)CN(c2cc(C(F)(F)F)ccc2Cl)S(=O)(=O)c2ccccc2)cc1OC. The monoisotopic (exact) mass is 599 g/mol. The third kappa shape index (κ3) is 7.42. The minimum atomic E-state index is -4.80. The predicted molar refractivity (Wildman–Crippen MR) is 139 cm³/mol. The van der Waals surface area contributed by atoms with Gasteiger partial charge in [-0.05, 0) is 54.1 Å². The fourth-order valence-electron chi connectivity index (χ4n) is 3.22. The van der Waals surface area contributed by atoms with Crippen molar-refractivity contribution >= 4 is 45.6 Å². The molecule has 0 aromatic heterocycles. The fourth-order valence-corrected chi connectivity index (χ4v) is 4.95. The Morgan fingerprint density at radius 3 is 2.35 bits per heavy atom. The van der Waals surface area contributed by atoms with Gasteiger partial charge >= 0.3 is 12.3 Å². The molecule has 0 radical (unpaired) electrons. The summed E-state index contributed by atoms with van der Waals surface area (Å²) in [5.41, 5.74) is 0.794. The maximum atomic E-state index is 13.4. The number of ether oxygens (including phenoxy) is 3. The van der Waals surface area contributed by atoms with Crippen molar-refractivity contribution < 1.29 is 45.4 Å². The molecular weight excluding hydrogens is 579 g/mol. The molecule has 0 aliphatic heterocycles. The van der Waals surface area contributed by atoms with Gasteiger partial charge in [-0.2, -0.15) is 18.3 Å². The van der Waals surface area contributed by atoms with E-state index in [-0.39, 0.29) is 21.4 Å². The van der Waals surface area contributed by atoms with Crippen LogP contribution in [0.5, 0.6) is 11.5 Å². The third-order valence-electron chi connectivity index (χ3n) is 5.11. The van der Waals surface area contributed by atoms with Crippen LogP contribution >= 0.6 is 11.6 Å². The van der Waals surface area contributed by atoms with Crippen molar-refractivity contribution in [2.45, 2.75) is 11.1 Å². The van der Waals surface area contributed by atoms with Gasteiger partial charge in [0.15, 0.2) is 11.5 Å². The molecule has 0 bridgehead atoms. The maximum absolute atomic E-state index is 13.4. The Morgan fingerprint density at radius 1 is 1.02 bits per heavy atom. The number of halogens is 4. The van der Waals surface area contributed by atoms with Crippen LogP contribution in [-0.2, 0) is 25.7 Å². The van der Waals surface area contributed by atoms with E-state index in [1.807, 2.05) is 0 Å². The number of hydrogen-bond donors (Lipinski definition) is 1. The first-order valence-corrected chi connectivity index (χ1v) is 12.9. The van der Waals surface area contributed by atoms with Crippen molar-refractivity contribution in [2.24, 2.45) is 5.10 Å². The normalized spacial score (nSPS) is 11.7. The van der Waals surface area contributed by atoms with Crippen LogP contribution in [0.4, 0.5) is 23.7 Å². The van der Waals surface area contributed by atoms with Gasteiger partial charge in [-0.1, -0.05) is 29.8 Å². The number of sulfonamides is 1. The molecule has 0 spiro atoms. The zero-order valence-electron chi connectivity index (χ0n) is 20.8. The average Bonchev–Trinajstić information content (AvgIpc) is 2.92. The van der Waals surface area contributed by atoms with Gasteiger partial charge in [0.1, 0.15) is 6.54 Å². The maximum Gasteiger partial charge on any atom is 0.513 e. The molecule has 0 atom stereocenters. The number of carbonyl (C=O) groups excluding carboxylic acids is 2. The molecule has 15 heteroatoms. The highest BCUT2D eigenvalue weighted by Crippen LogP contribution is 2.37. The number of hydrazone groups is 1. The number of nitrogens with zero attached hydrogens (tertiary/aromatic N) is 2. The molecule has 0 aliphatic rings. The molecule has 0 unspecified atom stereocenters. The van der Waals surface area contributed by atoms with Crippen LogP contribution in [0.2, 0.25) is 5.02 Å². The summed E-state index contributed by atoms with van der Waals surface area (Å²) >= 11 is 6.10. The molecule has 3 rings (SSSR count). The van der Waals surface area contributed by atoms with E-state index >= 15 is 0 Å². The first-order valence-electron chi connectivity index (χ1n) is 11.1. The van der Waals surface area contributed by atoms with Crippen molar-refractivity contribution in [1.29, 1.82) is 0 Å². The highest BCUT2D eigenvalue weighted by Gasteiger charge is 2.34. The quantitative estimate of drug-likeness (QED) is 0.161. The van der Waals surface area contributed by atoms with Gasteiger partial charge in [-0.3, -0.25) is 9.10 Å². The first kappa shape index (κ1) is 30.2. The van der Waals surface area contributed by atoms with Crippen LogP contribution in [-0.4, -0.2) is 47.5 Å². The zero-order chi connectivity index (χ0) is 29.5. The molecule has 1 amide bonds. The highest BCUT2D eigenvalue weighted by atomic mass is 35.5. The molecule has 0 heterocycles. The number of rotatable bonds is 9. The summed E-state index contributed by atoms with van der Waals surface area (Å²) in [6.07, 6.45) is -4.59. The number of benzene rings is 3. The fraction of sp³-hybridized carbons (Fsp3) is 0.160. The number of amides is 1. The molecule has 0 saturated heterocycles. The number of alkyl halides is 3. The Kier molecular flexibility index (Phi) is 9.60. The zero-order valence-corrected chi connectivity index (χ0v) is 22.4. The largest absolute Gasteiger partial charge is 0.513 e. The van der Waals surface area contributed by atoms with E-state index in [9.17, 15) is 31.2 Å². The van der Waals surface area contributed by atoms with Crippen molar-refractivity contribution in [3.8, 4) is 11.5 Å². The van der Waals surface area contributed by atoms with E-state index in [1.54, 1.807) is 6.07 Å². The molecule has 1 N–H and O–H groups in total. The molecule has 40 heavy (non-hydrogen) atoms. The Hall–Kier alpha value is -4.30. The van der Waals surface area contributed by atoms with E-state index in [1.165, 1.54) is 55.8 Å². The molecular formula is C25H21ClF3N3O7S. The van der Waals surface area contributed by atoms with Crippen LogP contribution in [0.25, 0.3) is 0 Å². The minimum Gasteiger partial charge on any atom is -0.493 e. The number of hydrogen-bond acceptors (Lipinski definition) is 8. The van der Waals surface area contributed by atoms with E-state index in [4.69, 9.17) is 21.1 Å². The second-order valence-corrected chi connectivity index (χ2v) is 10.0.